The predicted octanol–water partition coefficient (Wildman–Crippen LogP) is 3.58. The lowest BCUT2D eigenvalue weighted by Gasteiger charge is -2.11. The van der Waals surface area contributed by atoms with Crippen molar-refractivity contribution in [2.45, 2.75) is 38.7 Å². The van der Waals surface area contributed by atoms with Crippen LogP contribution < -0.4 is 19.0 Å². The lowest BCUT2D eigenvalue weighted by Crippen LogP contribution is -2.18. The summed E-state index contributed by atoms with van der Waals surface area (Å²) < 4.78 is 41.3. The third-order valence-corrected chi connectivity index (χ3v) is 4.70. The number of rotatable bonds is 10. The molecule has 8 heteroatoms. The van der Waals surface area contributed by atoms with Crippen LogP contribution >= 0.6 is 0 Å². The van der Waals surface area contributed by atoms with E-state index in [0.717, 1.165) is 0 Å². The fraction of sp³-hybridized carbons (Fsp3) is 0.350. The van der Waals surface area contributed by atoms with E-state index >= 15 is 0 Å². The molecule has 0 atom stereocenters. The number of ether oxygens (including phenoxy) is 3. The van der Waals surface area contributed by atoms with Crippen molar-refractivity contribution in [3.05, 3.63) is 48.0 Å². The van der Waals surface area contributed by atoms with Crippen molar-refractivity contribution < 1.29 is 22.6 Å². The molecule has 0 aliphatic carbocycles. The van der Waals surface area contributed by atoms with Gasteiger partial charge in [-0.3, -0.25) is 0 Å². The van der Waals surface area contributed by atoms with Gasteiger partial charge in [-0.1, -0.05) is 0 Å². The molecule has 0 aliphatic rings. The molecule has 0 radical (unpaired) electrons. The van der Waals surface area contributed by atoms with Crippen molar-refractivity contribution in [2.75, 3.05) is 13.2 Å². The van der Waals surface area contributed by atoms with Gasteiger partial charge in [0, 0.05) is 0 Å². The molecular formula is C20H26N2O5S. The Morgan fingerprint density at radius 1 is 1.00 bits per heavy atom. The van der Waals surface area contributed by atoms with Crippen molar-refractivity contribution in [2.24, 2.45) is 5.10 Å². The van der Waals surface area contributed by atoms with Crippen LogP contribution in [0.1, 0.15) is 33.3 Å². The van der Waals surface area contributed by atoms with Gasteiger partial charge in [-0.25, -0.2) is 4.83 Å². The van der Waals surface area contributed by atoms with Crippen LogP contribution in [0.2, 0.25) is 0 Å². The smallest absolute Gasteiger partial charge is 0.276 e. The summed E-state index contributed by atoms with van der Waals surface area (Å²) in [6.45, 7) is 8.58. The first-order valence-corrected chi connectivity index (χ1v) is 10.5. The van der Waals surface area contributed by atoms with E-state index in [-0.39, 0.29) is 11.0 Å². The minimum Gasteiger partial charge on any atom is -0.491 e. The SMILES string of the molecule is CCOc1ccc(/C=N/NS(=O)(=O)c2ccc(OC(C)C)cc2)cc1OCC. The first-order valence-electron chi connectivity index (χ1n) is 9.07. The Morgan fingerprint density at radius 3 is 2.25 bits per heavy atom. The van der Waals surface area contributed by atoms with Crippen LogP contribution in [0.5, 0.6) is 17.2 Å². The number of sulfonamides is 1. The van der Waals surface area contributed by atoms with Gasteiger partial charge in [-0.05, 0) is 75.7 Å². The molecule has 28 heavy (non-hydrogen) atoms. The Bertz CT molecular complexity index is 893. The van der Waals surface area contributed by atoms with Crippen LogP contribution in [0.3, 0.4) is 0 Å². The van der Waals surface area contributed by atoms with Crippen LogP contribution in [-0.4, -0.2) is 34.0 Å². The molecular weight excluding hydrogens is 380 g/mol. The van der Waals surface area contributed by atoms with Gasteiger partial charge in [0.2, 0.25) is 0 Å². The summed E-state index contributed by atoms with van der Waals surface area (Å²) in [4.78, 5) is 2.30. The first kappa shape index (κ1) is 21.6. The van der Waals surface area contributed by atoms with E-state index in [2.05, 4.69) is 9.93 Å². The van der Waals surface area contributed by atoms with Gasteiger partial charge in [0.05, 0.1) is 30.4 Å². The highest BCUT2D eigenvalue weighted by Crippen LogP contribution is 2.28. The van der Waals surface area contributed by atoms with Gasteiger partial charge >= 0.3 is 0 Å². The van der Waals surface area contributed by atoms with Crippen LogP contribution in [-0.2, 0) is 10.0 Å². The number of hydrogen-bond donors (Lipinski definition) is 1. The maximum Gasteiger partial charge on any atom is 0.276 e. The summed E-state index contributed by atoms with van der Waals surface area (Å²) in [5, 5.41) is 3.85. The molecule has 152 valence electrons. The summed E-state index contributed by atoms with van der Waals surface area (Å²) in [5.74, 6) is 1.82. The van der Waals surface area contributed by atoms with E-state index in [9.17, 15) is 8.42 Å². The Labute approximate surface area is 166 Å². The second-order valence-electron chi connectivity index (χ2n) is 6.06. The Morgan fingerprint density at radius 2 is 1.64 bits per heavy atom. The molecule has 0 amide bonds. The number of hydrazone groups is 1. The van der Waals surface area contributed by atoms with Crippen LogP contribution in [0.15, 0.2) is 52.5 Å². The Kier molecular flexibility index (Phi) is 7.69. The zero-order valence-electron chi connectivity index (χ0n) is 16.5. The Hall–Kier alpha value is -2.74. The maximum atomic E-state index is 12.4. The number of benzene rings is 2. The van der Waals surface area contributed by atoms with Gasteiger partial charge in [0.1, 0.15) is 5.75 Å². The third-order valence-electron chi connectivity index (χ3n) is 3.46. The summed E-state index contributed by atoms with van der Waals surface area (Å²) in [6, 6.07) is 11.4. The fourth-order valence-electron chi connectivity index (χ4n) is 2.34. The van der Waals surface area contributed by atoms with Gasteiger partial charge in [-0.15, -0.1) is 0 Å². The highest BCUT2D eigenvalue weighted by Gasteiger charge is 2.13. The molecule has 0 fully saturated rings. The molecule has 0 aliphatic heterocycles. The molecule has 0 unspecified atom stereocenters. The van der Waals surface area contributed by atoms with Gasteiger partial charge in [-0.2, -0.15) is 13.5 Å². The summed E-state index contributed by atoms with van der Waals surface area (Å²) in [5.41, 5.74) is 0.676. The molecule has 7 nitrogen and oxygen atoms in total. The highest BCUT2D eigenvalue weighted by molar-refractivity contribution is 7.89. The lowest BCUT2D eigenvalue weighted by atomic mass is 10.2. The van der Waals surface area contributed by atoms with Crippen molar-refractivity contribution in [3.63, 3.8) is 0 Å². The molecule has 2 aromatic carbocycles. The zero-order valence-corrected chi connectivity index (χ0v) is 17.3. The van der Waals surface area contributed by atoms with Gasteiger partial charge in [0.25, 0.3) is 10.0 Å². The number of nitrogens with zero attached hydrogens (tertiary/aromatic N) is 1. The van der Waals surface area contributed by atoms with E-state index in [4.69, 9.17) is 14.2 Å². The third kappa shape index (κ3) is 6.16. The van der Waals surface area contributed by atoms with Crippen LogP contribution in [0.25, 0.3) is 0 Å². The first-order chi connectivity index (χ1) is 13.4. The van der Waals surface area contributed by atoms with E-state index < -0.39 is 10.0 Å². The summed E-state index contributed by atoms with van der Waals surface area (Å²) >= 11 is 0. The maximum absolute atomic E-state index is 12.4. The molecule has 2 rings (SSSR count). The van der Waals surface area contributed by atoms with E-state index in [1.165, 1.54) is 18.3 Å². The van der Waals surface area contributed by atoms with Crippen molar-refractivity contribution in [1.29, 1.82) is 0 Å². The fourth-order valence-corrected chi connectivity index (χ4v) is 3.13. The molecule has 0 bridgehead atoms. The molecule has 0 heterocycles. The lowest BCUT2D eigenvalue weighted by molar-refractivity contribution is 0.242. The summed E-state index contributed by atoms with van der Waals surface area (Å²) in [6.07, 6.45) is 1.42. The highest BCUT2D eigenvalue weighted by atomic mass is 32.2. The van der Waals surface area contributed by atoms with E-state index in [1.807, 2.05) is 27.7 Å². The minimum atomic E-state index is -3.77. The van der Waals surface area contributed by atoms with Crippen molar-refractivity contribution in [3.8, 4) is 17.2 Å². The zero-order chi connectivity index (χ0) is 20.6. The number of nitrogens with one attached hydrogen (secondary N) is 1. The van der Waals surface area contributed by atoms with Crippen LogP contribution in [0, 0.1) is 0 Å². The van der Waals surface area contributed by atoms with E-state index in [0.29, 0.717) is 36.0 Å². The minimum absolute atomic E-state index is 0.0147. The quantitative estimate of drug-likeness (QED) is 0.481. The average molecular weight is 407 g/mol. The molecule has 1 N–H and O–H groups in total. The Balaban J connectivity index is 2.09. The molecule has 2 aromatic rings. The predicted molar refractivity (Wildman–Crippen MR) is 109 cm³/mol. The monoisotopic (exact) mass is 406 g/mol. The van der Waals surface area contributed by atoms with Gasteiger partial charge < -0.3 is 14.2 Å². The largest absolute Gasteiger partial charge is 0.491 e. The molecule has 0 aromatic heterocycles. The van der Waals surface area contributed by atoms with Crippen molar-refractivity contribution >= 4 is 16.2 Å². The topological polar surface area (TPSA) is 86.2 Å². The molecule has 0 saturated heterocycles. The summed E-state index contributed by atoms with van der Waals surface area (Å²) in [7, 11) is -3.77. The normalized spacial score (nSPS) is 11.6. The second-order valence-corrected chi connectivity index (χ2v) is 7.72. The molecule has 0 saturated carbocycles. The van der Waals surface area contributed by atoms with Gasteiger partial charge in [0.15, 0.2) is 11.5 Å². The van der Waals surface area contributed by atoms with Crippen molar-refractivity contribution in [1.82, 2.24) is 4.83 Å². The second kappa shape index (κ2) is 9.98. The van der Waals surface area contributed by atoms with Crippen LogP contribution in [0.4, 0.5) is 0 Å². The standard InChI is InChI=1S/C20H26N2O5S/c1-5-25-19-12-7-16(13-20(19)26-6-2)14-21-22-28(23,24)18-10-8-17(9-11-18)27-15(3)4/h7-15,22H,5-6H2,1-4H3/b21-14+. The molecule has 0 spiro atoms. The van der Waals surface area contributed by atoms with E-state index in [1.54, 1.807) is 30.3 Å². The number of hydrogen-bond acceptors (Lipinski definition) is 6. The average Bonchev–Trinajstić information content (AvgIpc) is 2.64.